The average molecular weight is 268 g/mol. The van der Waals surface area contributed by atoms with Crippen LogP contribution in [-0.4, -0.2) is 55.4 Å². The van der Waals surface area contributed by atoms with Crippen LogP contribution >= 0.6 is 0 Å². The number of amides is 1. The normalized spacial score (nSPS) is 29.9. The number of aliphatic hydroxyl groups is 1. The summed E-state index contributed by atoms with van der Waals surface area (Å²) < 4.78 is 39.8. The van der Waals surface area contributed by atoms with Crippen molar-refractivity contribution in [2.24, 2.45) is 0 Å². The van der Waals surface area contributed by atoms with Crippen LogP contribution in [0.25, 0.3) is 0 Å². The largest absolute Gasteiger partial charge is 0.726 e. The van der Waals surface area contributed by atoms with Crippen molar-refractivity contribution in [3.05, 3.63) is 0 Å². The van der Waals surface area contributed by atoms with Crippen LogP contribution in [0.3, 0.4) is 0 Å². The van der Waals surface area contributed by atoms with Crippen LogP contribution in [0.15, 0.2) is 0 Å². The van der Waals surface area contributed by atoms with Crippen molar-refractivity contribution in [2.75, 3.05) is 13.2 Å². The molecule has 0 saturated carbocycles. The van der Waals surface area contributed by atoms with Crippen molar-refractivity contribution in [1.29, 1.82) is 0 Å². The first-order valence-corrected chi connectivity index (χ1v) is 6.28. The van der Waals surface area contributed by atoms with E-state index in [0.29, 0.717) is 0 Å². The number of nitrogens with one attached hydrogen (secondary N) is 1. The Morgan fingerprint density at radius 2 is 2.29 bits per heavy atom. The third-order valence-electron chi connectivity index (χ3n) is 2.27. The van der Waals surface area contributed by atoms with Gasteiger partial charge in [-0.1, -0.05) is 0 Å². The van der Waals surface area contributed by atoms with Gasteiger partial charge in [0.15, 0.2) is 0 Å². The molecule has 9 heteroatoms. The summed E-state index contributed by atoms with van der Waals surface area (Å²) in [6, 6.07) is -0.535. The van der Waals surface area contributed by atoms with E-state index in [4.69, 9.17) is 4.74 Å². The summed E-state index contributed by atoms with van der Waals surface area (Å²) >= 11 is 0. The Morgan fingerprint density at radius 3 is 2.76 bits per heavy atom. The van der Waals surface area contributed by atoms with Gasteiger partial charge in [0.05, 0.1) is 31.5 Å². The van der Waals surface area contributed by atoms with Crippen molar-refractivity contribution in [1.82, 2.24) is 5.32 Å². The van der Waals surface area contributed by atoms with Crippen LogP contribution in [0.1, 0.15) is 13.3 Å². The standard InChI is InChI=1S/C8H15NO7S/c1-5(10)9-7-4-15-6(2-8(7)11)3-16-17(12,13)14/h6-8,11H,2-4H2,1H3,(H,9,10)(H,12,13,14)/p-1. The van der Waals surface area contributed by atoms with E-state index in [0.717, 1.165) is 0 Å². The average Bonchev–Trinajstić information content (AvgIpc) is 2.17. The fourth-order valence-corrected chi connectivity index (χ4v) is 1.85. The highest BCUT2D eigenvalue weighted by molar-refractivity contribution is 7.80. The van der Waals surface area contributed by atoms with Crippen molar-refractivity contribution < 1.29 is 31.8 Å². The summed E-state index contributed by atoms with van der Waals surface area (Å²) in [6.45, 7) is 0.912. The van der Waals surface area contributed by atoms with Crippen molar-refractivity contribution in [2.45, 2.75) is 31.6 Å². The number of carbonyl (C=O) groups is 1. The quantitative estimate of drug-likeness (QED) is 0.451. The summed E-state index contributed by atoms with van der Waals surface area (Å²) in [6.07, 6.45) is -1.46. The highest BCUT2D eigenvalue weighted by Gasteiger charge is 2.30. The number of hydrogen-bond donors (Lipinski definition) is 2. The SMILES string of the molecule is CC(=O)NC1COC(COS(=O)(=O)[O-])CC1O. The lowest BCUT2D eigenvalue weighted by Gasteiger charge is -2.33. The predicted molar refractivity (Wildman–Crippen MR) is 53.6 cm³/mol. The molecule has 0 aromatic carbocycles. The molecule has 0 bridgehead atoms. The summed E-state index contributed by atoms with van der Waals surface area (Å²) in [5, 5.41) is 12.1. The van der Waals surface area contributed by atoms with E-state index in [2.05, 4.69) is 9.50 Å². The molecule has 3 atom stereocenters. The van der Waals surface area contributed by atoms with Gasteiger partial charge in [0, 0.05) is 13.3 Å². The van der Waals surface area contributed by atoms with Crippen molar-refractivity contribution >= 4 is 16.3 Å². The van der Waals surface area contributed by atoms with E-state index in [1.165, 1.54) is 6.92 Å². The monoisotopic (exact) mass is 268 g/mol. The van der Waals surface area contributed by atoms with Crippen molar-refractivity contribution in [3.63, 3.8) is 0 Å². The van der Waals surface area contributed by atoms with Crippen LogP contribution in [-0.2, 0) is 24.1 Å². The van der Waals surface area contributed by atoms with Crippen LogP contribution in [0, 0.1) is 0 Å². The third kappa shape index (κ3) is 5.41. The van der Waals surface area contributed by atoms with Gasteiger partial charge in [-0.15, -0.1) is 0 Å². The van der Waals surface area contributed by atoms with Gasteiger partial charge in [0.1, 0.15) is 0 Å². The van der Waals surface area contributed by atoms with Crippen LogP contribution < -0.4 is 5.32 Å². The Balaban J connectivity index is 2.39. The molecule has 2 N–H and O–H groups in total. The zero-order valence-corrected chi connectivity index (χ0v) is 9.97. The Morgan fingerprint density at radius 1 is 1.65 bits per heavy atom. The Kier molecular flexibility index (Phi) is 4.83. The fraction of sp³-hybridized carbons (Fsp3) is 0.875. The molecule has 0 aliphatic carbocycles. The first-order valence-electron chi connectivity index (χ1n) is 4.95. The van der Waals surface area contributed by atoms with Gasteiger partial charge in [-0.05, 0) is 0 Å². The number of rotatable bonds is 4. The maximum absolute atomic E-state index is 10.8. The van der Waals surface area contributed by atoms with E-state index in [9.17, 15) is 22.9 Å². The second-order valence-corrected chi connectivity index (χ2v) is 4.81. The van der Waals surface area contributed by atoms with E-state index in [-0.39, 0.29) is 18.9 Å². The minimum Gasteiger partial charge on any atom is -0.726 e. The predicted octanol–water partition coefficient (Wildman–Crippen LogP) is -1.88. The van der Waals surface area contributed by atoms with Gasteiger partial charge in [-0.2, -0.15) is 0 Å². The maximum atomic E-state index is 10.8. The van der Waals surface area contributed by atoms with Crippen LogP contribution in [0.2, 0.25) is 0 Å². The van der Waals surface area contributed by atoms with E-state index < -0.39 is 35.3 Å². The molecule has 1 amide bonds. The minimum atomic E-state index is -4.75. The van der Waals surface area contributed by atoms with Gasteiger partial charge in [0.25, 0.3) is 0 Å². The summed E-state index contributed by atoms with van der Waals surface area (Å²) in [4.78, 5) is 10.8. The molecule has 1 rings (SSSR count). The molecule has 100 valence electrons. The van der Waals surface area contributed by atoms with Gasteiger partial charge in [-0.25, -0.2) is 8.42 Å². The zero-order chi connectivity index (χ0) is 13.1. The zero-order valence-electron chi connectivity index (χ0n) is 9.16. The number of hydrogen-bond acceptors (Lipinski definition) is 7. The molecule has 17 heavy (non-hydrogen) atoms. The van der Waals surface area contributed by atoms with Crippen molar-refractivity contribution in [3.8, 4) is 0 Å². The lowest BCUT2D eigenvalue weighted by molar-refractivity contribution is -0.125. The Hall–Kier alpha value is -0.740. The summed E-state index contributed by atoms with van der Waals surface area (Å²) in [5.74, 6) is -0.297. The first kappa shape index (κ1) is 14.3. The molecule has 0 aromatic rings. The topological polar surface area (TPSA) is 125 Å². The molecule has 1 aliphatic rings. The highest BCUT2D eigenvalue weighted by Crippen LogP contribution is 2.15. The molecule has 0 aromatic heterocycles. The number of carbonyl (C=O) groups excluding carboxylic acids is 1. The molecule has 1 aliphatic heterocycles. The lowest BCUT2D eigenvalue weighted by Crippen LogP contribution is -2.52. The van der Waals surface area contributed by atoms with Gasteiger partial charge >= 0.3 is 0 Å². The number of ether oxygens (including phenoxy) is 1. The minimum absolute atomic E-state index is 0.0354. The van der Waals surface area contributed by atoms with Crippen LogP contribution in [0.5, 0.6) is 0 Å². The molecular formula is C8H14NO7S-. The second-order valence-electron chi connectivity index (χ2n) is 3.76. The van der Waals surface area contributed by atoms with E-state index in [1.54, 1.807) is 0 Å². The highest BCUT2D eigenvalue weighted by atomic mass is 32.3. The maximum Gasteiger partial charge on any atom is 0.217 e. The Bertz CT molecular complexity index is 368. The van der Waals surface area contributed by atoms with E-state index in [1.807, 2.05) is 0 Å². The molecule has 1 saturated heterocycles. The molecule has 0 radical (unpaired) electrons. The third-order valence-corrected chi connectivity index (χ3v) is 2.69. The van der Waals surface area contributed by atoms with Gasteiger partial charge in [-0.3, -0.25) is 8.98 Å². The number of aliphatic hydroxyl groups excluding tert-OH is 1. The van der Waals surface area contributed by atoms with Gasteiger partial charge in [0.2, 0.25) is 16.3 Å². The van der Waals surface area contributed by atoms with E-state index >= 15 is 0 Å². The molecular weight excluding hydrogens is 254 g/mol. The molecule has 0 spiro atoms. The summed E-state index contributed by atoms with van der Waals surface area (Å²) in [5.41, 5.74) is 0. The second kappa shape index (κ2) is 5.74. The lowest BCUT2D eigenvalue weighted by atomic mass is 10.0. The smallest absolute Gasteiger partial charge is 0.217 e. The summed E-state index contributed by atoms with van der Waals surface area (Å²) in [7, 11) is -4.75. The fourth-order valence-electron chi connectivity index (χ4n) is 1.53. The van der Waals surface area contributed by atoms with Gasteiger partial charge < -0.3 is 19.7 Å². The Labute approximate surface area is 98.9 Å². The molecule has 1 heterocycles. The molecule has 3 unspecified atom stereocenters. The molecule has 8 nitrogen and oxygen atoms in total. The van der Waals surface area contributed by atoms with Crippen LogP contribution in [0.4, 0.5) is 0 Å². The molecule has 1 fully saturated rings. The first-order chi connectivity index (χ1) is 7.78.